The molecule has 2 aliphatic heterocycles. The fourth-order valence-corrected chi connectivity index (χ4v) is 3.91. The van der Waals surface area contributed by atoms with Gasteiger partial charge >= 0.3 is 12.0 Å². The van der Waals surface area contributed by atoms with E-state index in [0.717, 1.165) is 32.7 Å². The molecule has 0 aromatic heterocycles. The van der Waals surface area contributed by atoms with Crippen LogP contribution in [0.2, 0.25) is 0 Å². The molecule has 9 nitrogen and oxygen atoms in total. The molecule has 0 radical (unpaired) electrons. The Morgan fingerprint density at radius 2 is 1.81 bits per heavy atom. The van der Waals surface area contributed by atoms with Crippen LogP contribution in [0.25, 0.3) is 0 Å². The first-order valence-corrected chi connectivity index (χ1v) is 10.2. The van der Waals surface area contributed by atoms with E-state index in [0.29, 0.717) is 34.9 Å². The van der Waals surface area contributed by atoms with Gasteiger partial charge in [0.2, 0.25) is 0 Å². The number of nitrogens with zero attached hydrogens (tertiary/aromatic N) is 2. The molecule has 3 rings (SSSR count). The van der Waals surface area contributed by atoms with Crippen LogP contribution in [0, 0.1) is 0 Å². The minimum atomic E-state index is -0.668. The summed E-state index contributed by atoms with van der Waals surface area (Å²) in [5.74, 6) is 0.581. The zero-order chi connectivity index (χ0) is 22.4. The van der Waals surface area contributed by atoms with E-state index in [-0.39, 0.29) is 6.03 Å². The number of hydrogen-bond donors (Lipinski definition) is 2. The van der Waals surface area contributed by atoms with E-state index in [1.165, 1.54) is 14.2 Å². The lowest BCUT2D eigenvalue weighted by Crippen LogP contribution is -2.51. The number of amides is 2. The zero-order valence-corrected chi connectivity index (χ0v) is 18.3. The number of nitrogens with one attached hydrogen (secondary N) is 2. The van der Waals surface area contributed by atoms with E-state index >= 15 is 0 Å². The van der Waals surface area contributed by atoms with Crippen molar-refractivity contribution in [2.24, 2.45) is 0 Å². The number of rotatable bonds is 8. The molecule has 2 aliphatic rings. The Kier molecular flexibility index (Phi) is 7.54. The number of carbonyl (C=O) groups excluding carboxylic acids is 2. The number of piperazine rings is 1. The van der Waals surface area contributed by atoms with Gasteiger partial charge in [0.25, 0.3) is 0 Å². The van der Waals surface area contributed by atoms with E-state index in [1.54, 1.807) is 25.3 Å². The highest BCUT2D eigenvalue weighted by Gasteiger charge is 2.34. The van der Waals surface area contributed by atoms with E-state index in [9.17, 15) is 9.59 Å². The second-order valence-corrected chi connectivity index (χ2v) is 7.40. The van der Waals surface area contributed by atoms with E-state index in [4.69, 9.17) is 14.2 Å². The van der Waals surface area contributed by atoms with Crippen LogP contribution in [-0.4, -0.2) is 82.4 Å². The van der Waals surface area contributed by atoms with Crippen LogP contribution in [0.5, 0.6) is 11.5 Å². The van der Waals surface area contributed by atoms with Crippen molar-refractivity contribution >= 4 is 12.0 Å². The largest absolute Gasteiger partial charge is 0.493 e. The highest BCUT2D eigenvalue weighted by Crippen LogP contribution is 2.34. The third-order valence-corrected chi connectivity index (χ3v) is 5.53. The fraction of sp³-hybridized carbons (Fsp3) is 0.455. The first kappa shape index (κ1) is 22.6. The number of benzene rings is 1. The highest BCUT2D eigenvalue weighted by molar-refractivity contribution is 5.95. The molecule has 2 amide bonds. The summed E-state index contributed by atoms with van der Waals surface area (Å²) in [5.41, 5.74) is 1.62. The van der Waals surface area contributed by atoms with Crippen molar-refractivity contribution in [2.75, 3.05) is 60.6 Å². The smallest absolute Gasteiger partial charge is 0.338 e. The SMILES string of the molecule is C=CCN1CCN(CC2=C(C(=O)OC)[C@@H](c3ccc(OC)c(OC)c3)NC(=O)N2)CC1. The molecule has 1 aromatic rings. The molecule has 0 bridgehead atoms. The average Bonchev–Trinajstić information content (AvgIpc) is 2.79. The van der Waals surface area contributed by atoms with Gasteiger partial charge < -0.3 is 24.8 Å². The maximum Gasteiger partial charge on any atom is 0.338 e. The van der Waals surface area contributed by atoms with Crippen LogP contribution in [0.15, 0.2) is 42.1 Å². The normalized spacial score (nSPS) is 20.0. The molecular formula is C22H30N4O5. The zero-order valence-electron chi connectivity index (χ0n) is 18.3. The summed E-state index contributed by atoms with van der Waals surface area (Å²) in [6.45, 7) is 8.55. The number of urea groups is 1. The Morgan fingerprint density at radius 3 is 2.42 bits per heavy atom. The molecule has 0 unspecified atom stereocenters. The van der Waals surface area contributed by atoms with Gasteiger partial charge in [-0.1, -0.05) is 12.1 Å². The Morgan fingerprint density at radius 1 is 1.13 bits per heavy atom. The van der Waals surface area contributed by atoms with Gasteiger partial charge in [-0.2, -0.15) is 0 Å². The predicted octanol–water partition coefficient (Wildman–Crippen LogP) is 1.29. The molecular weight excluding hydrogens is 400 g/mol. The molecule has 9 heteroatoms. The highest BCUT2D eigenvalue weighted by atomic mass is 16.5. The first-order valence-electron chi connectivity index (χ1n) is 10.2. The van der Waals surface area contributed by atoms with Crippen molar-refractivity contribution in [1.29, 1.82) is 0 Å². The summed E-state index contributed by atoms with van der Waals surface area (Å²) in [6, 6.07) is 4.26. The van der Waals surface area contributed by atoms with Gasteiger partial charge in [-0.3, -0.25) is 9.80 Å². The van der Waals surface area contributed by atoms with Crippen molar-refractivity contribution < 1.29 is 23.8 Å². The topological polar surface area (TPSA) is 92.4 Å². The predicted molar refractivity (Wildman–Crippen MR) is 116 cm³/mol. The van der Waals surface area contributed by atoms with E-state index in [2.05, 4.69) is 27.0 Å². The minimum Gasteiger partial charge on any atom is -0.493 e. The van der Waals surface area contributed by atoms with E-state index < -0.39 is 12.0 Å². The summed E-state index contributed by atoms with van der Waals surface area (Å²) in [4.78, 5) is 29.8. The molecule has 31 heavy (non-hydrogen) atoms. The summed E-state index contributed by atoms with van der Waals surface area (Å²) >= 11 is 0. The van der Waals surface area contributed by atoms with E-state index in [1.807, 2.05) is 6.08 Å². The minimum absolute atomic E-state index is 0.368. The van der Waals surface area contributed by atoms with Crippen molar-refractivity contribution in [3.63, 3.8) is 0 Å². The molecule has 2 N–H and O–H groups in total. The molecule has 168 valence electrons. The summed E-state index contributed by atoms with van der Waals surface area (Å²) in [7, 11) is 4.43. The molecule has 0 spiro atoms. The first-order chi connectivity index (χ1) is 15.0. The van der Waals surface area contributed by atoms with Crippen molar-refractivity contribution in [3.05, 3.63) is 47.7 Å². The number of methoxy groups -OCH3 is 3. The Bertz CT molecular complexity index is 861. The van der Waals surface area contributed by atoms with Crippen molar-refractivity contribution in [2.45, 2.75) is 6.04 Å². The molecule has 1 saturated heterocycles. The maximum absolute atomic E-state index is 12.8. The van der Waals surface area contributed by atoms with Crippen LogP contribution >= 0.6 is 0 Å². The Balaban J connectivity index is 1.91. The number of esters is 1. The third-order valence-electron chi connectivity index (χ3n) is 5.53. The average molecular weight is 431 g/mol. The molecule has 1 aromatic carbocycles. The number of hydrogen-bond acceptors (Lipinski definition) is 7. The molecule has 2 heterocycles. The number of ether oxygens (including phenoxy) is 3. The van der Waals surface area contributed by atoms with Gasteiger partial charge in [0.1, 0.15) is 0 Å². The van der Waals surface area contributed by atoms with Crippen LogP contribution < -0.4 is 20.1 Å². The fourth-order valence-electron chi connectivity index (χ4n) is 3.91. The van der Waals surface area contributed by atoms with Gasteiger partial charge in [0.05, 0.1) is 32.9 Å². The van der Waals surface area contributed by atoms with Gasteiger partial charge in [0.15, 0.2) is 11.5 Å². The Hall–Kier alpha value is -3.04. The third kappa shape index (κ3) is 5.18. The van der Waals surface area contributed by atoms with Gasteiger partial charge in [-0.05, 0) is 17.7 Å². The summed E-state index contributed by atoms with van der Waals surface area (Å²) in [5, 5.41) is 5.65. The monoisotopic (exact) mass is 430 g/mol. The van der Waals surface area contributed by atoms with Crippen molar-refractivity contribution in [3.8, 4) is 11.5 Å². The lowest BCUT2D eigenvalue weighted by atomic mass is 9.94. The lowest BCUT2D eigenvalue weighted by Gasteiger charge is -2.36. The van der Waals surface area contributed by atoms with Crippen LogP contribution in [0.4, 0.5) is 4.79 Å². The Labute approximate surface area is 182 Å². The second kappa shape index (κ2) is 10.3. The standard InChI is InChI=1S/C22H30N4O5/c1-5-8-25-9-11-26(12-10-25)14-16-19(21(27)31-4)20(24-22(28)23-16)15-6-7-17(29-2)18(13-15)30-3/h5-7,13,20H,1,8-12,14H2,2-4H3,(H2,23,24,28)/t20-/m1/s1. The van der Waals surface area contributed by atoms with Gasteiger partial charge in [-0.25, -0.2) is 9.59 Å². The summed E-state index contributed by atoms with van der Waals surface area (Å²) < 4.78 is 15.8. The van der Waals surface area contributed by atoms with Crippen LogP contribution in [0.3, 0.4) is 0 Å². The molecule has 1 atom stereocenters. The molecule has 0 saturated carbocycles. The quantitative estimate of drug-likeness (QED) is 0.474. The lowest BCUT2D eigenvalue weighted by molar-refractivity contribution is -0.136. The van der Waals surface area contributed by atoms with Crippen LogP contribution in [-0.2, 0) is 9.53 Å². The number of carbonyl (C=O) groups is 2. The second-order valence-electron chi connectivity index (χ2n) is 7.40. The summed E-state index contributed by atoms with van der Waals surface area (Å²) in [6.07, 6.45) is 1.90. The molecule has 0 aliphatic carbocycles. The van der Waals surface area contributed by atoms with Gasteiger partial charge in [-0.15, -0.1) is 6.58 Å². The molecule has 1 fully saturated rings. The maximum atomic E-state index is 12.8. The van der Waals surface area contributed by atoms with Crippen LogP contribution in [0.1, 0.15) is 11.6 Å². The van der Waals surface area contributed by atoms with Crippen molar-refractivity contribution in [1.82, 2.24) is 20.4 Å². The van der Waals surface area contributed by atoms with Gasteiger partial charge in [0, 0.05) is 45.0 Å².